The van der Waals surface area contributed by atoms with E-state index in [0.29, 0.717) is 11.9 Å². The van der Waals surface area contributed by atoms with E-state index in [1.54, 1.807) is 0 Å². The quantitative estimate of drug-likeness (QED) is 0.246. The van der Waals surface area contributed by atoms with Crippen molar-refractivity contribution in [2.75, 3.05) is 0 Å². The van der Waals surface area contributed by atoms with Crippen LogP contribution in [-0.2, 0) is 13.1 Å². The average molecular weight is 558 g/mol. The summed E-state index contributed by atoms with van der Waals surface area (Å²) < 4.78 is 1.99. The Bertz CT molecular complexity index is 1650. The fourth-order valence-corrected chi connectivity index (χ4v) is 5.96. The molecule has 3 aromatic carbocycles. The maximum Gasteiger partial charge on any atom is 0.151 e. The Balaban J connectivity index is 1.25. The molecule has 7 nitrogen and oxygen atoms in total. The molecule has 2 aliphatic rings. The Kier molecular flexibility index (Phi) is 8.28. The van der Waals surface area contributed by atoms with Crippen molar-refractivity contribution in [2.45, 2.75) is 65.1 Å². The van der Waals surface area contributed by atoms with E-state index in [-0.39, 0.29) is 0 Å². The first kappa shape index (κ1) is 27.7. The lowest BCUT2D eigenvalue weighted by atomic mass is 9.95. The van der Waals surface area contributed by atoms with Crippen LogP contribution in [0.5, 0.6) is 0 Å². The van der Waals surface area contributed by atoms with E-state index in [4.69, 9.17) is 10.8 Å². The van der Waals surface area contributed by atoms with Crippen LogP contribution in [0.25, 0.3) is 22.2 Å². The lowest BCUT2D eigenvalue weighted by Crippen LogP contribution is -2.31. The zero-order chi connectivity index (χ0) is 28.9. The summed E-state index contributed by atoms with van der Waals surface area (Å²) in [4.78, 5) is 4.36. The molecule has 0 unspecified atom stereocenters. The van der Waals surface area contributed by atoms with Crippen LogP contribution in [0.4, 0.5) is 0 Å². The van der Waals surface area contributed by atoms with Gasteiger partial charge in [-0.15, -0.1) is 0 Å². The molecule has 2 heterocycles. The molecule has 6 rings (SSSR count). The number of nitrogens with one attached hydrogen (secondary N) is 1. The SMILES string of the molecule is C/C=C(/c1ccc(CNC2CCCCC2)cc1)N1N=CN=C(N)/C1=C(/C)c1ccc2cn(Cc3ccccc3)nc2c1. The van der Waals surface area contributed by atoms with Crippen molar-refractivity contribution in [1.82, 2.24) is 20.1 Å². The van der Waals surface area contributed by atoms with Gasteiger partial charge in [-0.25, -0.2) is 10.0 Å². The second-order valence-electron chi connectivity index (χ2n) is 11.2. The number of amidine groups is 1. The third kappa shape index (κ3) is 6.06. The van der Waals surface area contributed by atoms with Crippen LogP contribution in [0.2, 0.25) is 0 Å². The molecule has 1 aliphatic heterocycles. The van der Waals surface area contributed by atoms with Crippen molar-refractivity contribution in [3.8, 4) is 0 Å². The number of nitrogens with two attached hydrogens (primary N) is 1. The number of aliphatic imine (C=N–C) groups is 1. The molecule has 1 saturated carbocycles. The van der Waals surface area contributed by atoms with E-state index >= 15 is 0 Å². The van der Waals surface area contributed by atoms with Crippen LogP contribution < -0.4 is 11.1 Å². The van der Waals surface area contributed by atoms with E-state index in [0.717, 1.165) is 52.1 Å². The van der Waals surface area contributed by atoms with Gasteiger partial charge in [-0.2, -0.15) is 10.2 Å². The number of rotatable bonds is 8. The molecule has 214 valence electrons. The normalized spacial score (nSPS) is 17.5. The Hall–Kier alpha value is -4.49. The first-order chi connectivity index (χ1) is 20.6. The second kappa shape index (κ2) is 12.6. The molecule has 3 N–H and O–H groups in total. The molecule has 1 aromatic heterocycles. The number of nitrogens with zero attached hydrogens (tertiary/aromatic N) is 5. The van der Waals surface area contributed by atoms with Gasteiger partial charge in [0.1, 0.15) is 12.0 Å². The summed E-state index contributed by atoms with van der Waals surface area (Å²) in [7, 11) is 0. The van der Waals surface area contributed by atoms with Gasteiger partial charge in [0.05, 0.1) is 17.8 Å². The number of hydrazone groups is 1. The monoisotopic (exact) mass is 557 g/mol. The fourth-order valence-electron chi connectivity index (χ4n) is 5.96. The summed E-state index contributed by atoms with van der Waals surface area (Å²) in [5, 5.41) is 16.3. The number of fused-ring (bicyclic) bond motifs is 1. The van der Waals surface area contributed by atoms with Crippen molar-refractivity contribution in [3.05, 3.63) is 113 Å². The minimum atomic E-state index is 0.435. The van der Waals surface area contributed by atoms with Gasteiger partial charge in [-0.1, -0.05) is 92.1 Å². The van der Waals surface area contributed by atoms with Crippen LogP contribution in [0.15, 0.2) is 101 Å². The third-order valence-electron chi connectivity index (χ3n) is 8.30. The largest absolute Gasteiger partial charge is 0.382 e. The lowest BCUT2D eigenvalue weighted by Gasteiger charge is -2.28. The Morgan fingerprint density at radius 2 is 1.71 bits per heavy atom. The van der Waals surface area contributed by atoms with Gasteiger partial charge in [0.25, 0.3) is 0 Å². The molecule has 1 aliphatic carbocycles. The predicted molar refractivity (Wildman–Crippen MR) is 174 cm³/mol. The van der Waals surface area contributed by atoms with Gasteiger partial charge in [0.15, 0.2) is 5.84 Å². The standard InChI is InChI=1S/C35H39N7/c1-3-33(28-16-14-26(15-17-28)21-37-31-12-8-5-9-13-31)42-34(35(36)38-24-39-42)25(2)29-18-19-30-23-41(40-32(30)20-29)22-27-10-6-4-7-11-27/h3-4,6-7,10-11,14-20,23-24,31,37H,5,8-9,12-13,21-22H2,1-2H3,(H2,36,38,39)/b33-3-,34-25+. The molecule has 1 fully saturated rings. The van der Waals surface area contributed by atoms with Crippen LogP contribution in [0.3, 0.4) is 0 Å². The van der Waals surface area contributed by atoms with Gasteiger partial charge < -0.3 is 11.1 Å². The molecule has 0 spiro atoms. The summed E-state index contributed by atoms with van der Waals surface area (Å²) in [6.45, 7) is 5.73. The lowest BCUT2D eigenvalue weighted by molar-refractivity contribution is 0.372. The van der Waals surface area contributed by atoms with Gasteiger partial charge >= 0.3 is 0 Å². The molecular weight excluding hydrogens is 518 g/mol. The molecular formula is C35H39N7. The van der Waals surface area contributed by atoms with Crippen LogP contribution in [0, 0.1) is 0 Å². The minimum absolute atomic E-state index is 0.435. The van der Waals surface area contributed by atoms with E-state index in [1.807, 2.05) is 22.7 Å². The summed E-state index contributed by atoms with van der Waals surface area (Å²) in [6.07, 6.45) is 12.3. The molecule has 42 heavy (non-hydrogen) atoms. The summed E-state index contributed by atoms with van der Waals surface area (Å²) in [6, 6.07) is 26.1. The average Bonchev–Trinajstić information content (AvgIpc) is 3.43. The summed E-state index contributed by atoms with van der Waals surface area (Å²) >= 11 is 0. The highest BCUT2D eigenvalue weighted by molar-refractivity contribution is 6.08. The number of hydrogen-bond acceptors (Lipinski definition) is 6. The van der Waals surface area contributed by atoms with E-state index in [2.05, 4.69) is 101 Å². The molecule has 4 aromatic rings. The molecule has 0 atom stereocenters. The summed E-state index contributed by atoms with van der Waals surface area (Å²) in [5.41, 5.74) is 14.8. The van der Waals surface area contributed by atoms with Gasteiger partial charge in [0.2, 0.25) is 0 Å². The van der Waals surface area contributed by atoms with E-state index in [1.165, 1.54) is 49.6 Å². The van der Waals surface area contributed by atoms with Crippen molar-refractivity contribution in [3.63, 3.8) is 0 Å². The van der Waals surface area contributed by atoms with E-state index in [9.17, 15) is 0 Å². The predicted octanol–water partition coefficient (Wildman–Crippen LogP) is 6.92. The van der Waals surface area contributed by atoms with Crippen LogP contribution in [-0.4, -0.2) is 33.0 Å². The third-order valence-corrected chi connectivity index (χ3v) is 8.30. The molecule has 0 bridgehead atoms. The zero-order valence-electron chi connectivity index (χ0n) is 24.5. The molecule has 0 radical (unpaired) electrons. The number of aromatic nitrogens is 2. The molecule has 7 heteroatoms. The maximum absolute atomic E-state index is 6.52. The van der Waals surface area contributed by atoms with Crippen molar-refractivity contribution in [1.29, 1.82) is 0 Å². The Morgan fingerprint density at radius 3 is 2.48 bits per heavy atom. The molecule has 0 amide bonds. The number of allylic oxidation sites excluding steroid dienone is 2. The highest BCUT2D eigenvalue weighted by Gasteiger charge is 2.24. The summed E-state index contributed by atoms with van der Waals surface area (Å²) in [5.74, 6) is 0.435. The first-order valence-electron chi connectivity index (χ1n) is 15.0. The number of benzene rings is 3. The van der Waals surface area contributed by atoms with Gasteiger partial charge in [0, 0.05) is 24.2 Å². The van der Waals surface area contributed by atoms with Crippen LogP contribution >= 0.6 is 0 Å². The smallest absolute Gasteiger partial charge is 0.151 e. The Labute approximate surface area is 248 Å². The topological polar surface area (TPSA) is 83.8 Å². The second-order valence-corrected chi connectivity index (χ2v) is 11.2. The van der Waals surface area contributed by atoms with Gasteiger partial charge in [-0.3, -0.25) is 4.68 Å². The van der Waals surface area contributed by atoms with Crippen molar-refractivity contribution >= 4 is 34.3 Å². The van der Waals surface area contributed by atoms with Crippen molar-refractivity contribution < 1.29 is 0 Å². The van der Waals surface area contributed by atoms with E-state index < -0.39 is 0 Å². The maximum atomic E-state index is 6.52. The van der Waals surface area contributed by atoms with Gasteiger partial charge in [-0.05, 0) is 60.6 Å². The van der Waals surface area contributed by atoms with Crippen LogP contribution in [0.1, 0.15) is 68.2 Å². The Morgan fingerprint density at radius 1 is 0.952 bits per heavy atom. The highest BCUT2D eigenvalue weighted by Crippen LogP contribution is 2.32. The fraction of sp³-hybridized carbons (Fsp3) is 0.286. The number of hydrogen-bond donors (Lipinski definition) is 2. The zero-order valence-corrected chi connectivity index (χ0v) is 24.5. The highest BCUT2D eigenvalue weighted by atomic mass is 15.5. The molecule has 0 saturated heterocycles. The van der Waals surface area contributed by atoms with Crippen molar-refractivity contribution in [2.24, 2.45) is 15.8 Å². The first-order valence-corrected chi connectivity index (χ1v) is 15.0. The minimum Gasteiger partial charge on any atom is -0.382 e.